The maximum atomic E-state index is 12.9. The van der Waals surface area contributed by atoms with Crippen LogP contribution in [0.5, 0.6) is 5.75 Å². The molecule has 3 aromatic carbocycles. The highest BCUT2D eigenvalue weighted by molar-refractivity contribution is 7.97. The number of benzene rings is 3. The minimum absolute atomic E-state index is 0.243. The van der Waals surface area contributed by atoms with Crippen LogP contribution in [0.25, 0.3) is 11.0 Å². The van der Waals surface area contributed by atoms with Gasteiger partial charge in [0, 0.05) is 33.6 Å². The van der Waals surface area contributed by atoms with Gasteiger partial charge >= 0.3 is 0 Å². The van der Waals surface area contributed by atoms with Crippen LogP contribution in [0.15, 0.2) is 77.2 Å². The first-order valence-corrected chi connectivity index (χ1v) is 11.3. The van der Waals surface area contributed by atoms with Crippen molar-refractivity contribution in [2.75, 3.05) is 24.0 Å². The summed E-state index contributed by atoms with van der Waals surface area (Å²) in [6, 6.07) is 21.4. The number of furan rings is 1. The van der Waals surface area contributed by atoms with Crippen molar-refractivity contribution in [3.63, 3.8) is 0 Å². The van der Waals surface area contributed by atoms with Crippen LogP contribution in [0.2, 0.25) is 0 Å². The number of hydrogen-bond donors (Lipinski definition) is 2. The molecule has 0 aliphatic carbocycles. The zero-order valence-electron chi connectivity index (χ0n) is 17.7. The highest BCUT2D eigenvalue weighted by Gasteiger charge is 2.20. The predicted molar refractivity (Wildman–Crippen MR) is 129 cm³/mol. The highest BCUT2D eigenvalue weighted by Crippen LogP contribution is 2.29. The zero-order valence-corrected chi connectivity index (χ0v) is 18.5. The number of para-hydroxylation sites is 1. The van der Waals surface area contributed by atoms with E-state index in [0.717, 1.165) is 10.9 Å². The Morgan fingerprint density at radius 2 is 1.50 bits per heavy atom. The Morgan fingerprint density at radius 3 is 2.16 bits per heavy atom. The normalized spacial score (nSPS) is 10.7. The number of hydrogen-bond acceptors (Lipinski definition) is 5. The summed E-state index contributed by atoms with van der Waals surface area (Å²) in [4.78, 5) is 25.4. The molecular weight excluding hydrogens is 424 g/mol. The van der Waals surface area contributed by atoms with Crippen LogP contribution < -0.4 is 15.4 Å². The summed E-state index contributed by atoms with van der Waals surface area (Å²) in [5.41, 5.74) is 3.28. The van der Waals surface area contributed by atoms with Crippen molar-refractivity contribution < 1.29 is 18.7 Å². The van der Waals surface area contributed by atoms with E-state index in [0.29, 0.717) is 39.8 Å². The summed E-state index contributed by atoms with van der Waals surface area (Å²) >= 11 is 1.63. The molecule has 7 heteroatoms. The van der Waals surface area contributed by atoms with Gasteiger partial charge in [0.15, 0.2) is 5.76 Å². The Hall–Kier alpha value is -3.71. The molecule has 32 heavy (non-hydrogen) atoms. The summed E-state index contributed by atoms with van der Waals surface area (Å²) < 4.78 is 11.0. The monoisotopic (exact) mass is 446 g/mol. The number of fused-ring (bicyclic) bond motifs is 1. The van der Waals surface area contributed by atoms with E-state index in [1.807, 2.05) is 30.5 Å². The van der Waals surface area contributed by atoms with E-state index in [1.54, 1.807) is 67.4 Å². The van der Waals surface area contributed by atoms with E-state index in [1.165, 1.54) is 0 Å². The molecule has 4 rings (SSSR count). The SMILES string of the molecule is COc1ccc(NC(=O)c2ccc(NC(=O)c3oc4ccccc4c3CSC)cc2)cc1. The molecule has 0 unspecified atom stereocenters. The van der Waals surface area contributed by atoms with E-state index in [9.17, 15) is 9.59 Å². The van der Waals surface area contributed by atoms with Crippen molar-refractivity contribution in [3.8, 4) is 5.75 Å². The largest absolute Gasteiger partial charge is 0.497 e. The first-order chi connectivity index (χ1) is 15.6. The van der Waals surface area contributed by atoms with Gasteiger partial charge in [-0.1, -0.05) is 18.2 Å². The van der Waals surface area contributed by atoms with E-state index in [-0.39, 0.29) is 11.8 Å². The van der Waals surface area contributed by atoms with Crippen molar-refractivity contribution in [1.82, 2.24) is 0 Å². The minimum Gasteiger partial charge on any atom is -0.497 e. The number of carbonyl (C=O) groups excluding carboxylic acids is 2. The highest BCUT2D eigenvalue weighted by atomic mass is 32.2. The Morgan fingerprint density at radius 1 is 0.875 bits per heavy atom. The quantitative estimate of drug-likeness (QED) is 0.374. The molecular formula is C25H22N2O4S. The fourth-order valence-corrected chi connectivity index (χ4v) is 3.92. The van der Waals surface area contributed by atoms with Crippen LogP contribution in [0, 0.1) is 0 Å². The third-order valence-electron chi connectivity index (χ3n) is 4.95. The van der Waals surface area contributed by atoms with Crippen molar-refractivity contribution in [2.24, 2.45) is 0 Å². The number of rotatable bonds is 7. The maximum Gasteiger partial charge on any atom is 0.291 e. The summed E-state index contributed by atoms with van der Waals surface area (Å²) in [5, 5.41) is 6.63. The van der Waals surface area contributed by atoms with E-state index >= 15 is 0 Å². The molecule has 0 saturated heterocycles. The Kier molecular flexibility index (Phi) is 6.47. The maximum absolute atomic E-state index is 12.9. The van der Waals surface area contributed by atoms with E-state index < -0.39 is 0 Å². The van der Waals surface area contributed by atoms with Crippen LogP contribution in [0.1, 0.15) is 26.5 Å². The number of anilines is 2. The number of nitrogens with one attached hydrogen (secondary N) is 2. The summed E-state index contributed by atoms with van der Waals surface area (Å²) in [5.74, 6) is 1.13. The van der Waals surface area contributed by atoms with Gasteiger partial charge < -0.3 is 19.8 Å². The number of thioether (sulfide) groups is 1. The van der Waals surface area contributed by atoms with Gasteiger partial charge in [0.05, 0.1) is 7.11 Å². The average molecular weight is 447 g/mol. The lowest BCUT2D eigenvalue weighted by Crippen LogP contribution is -2.14. The summed E-state index contributed by atoms with van der Waals surface area (Å²) in [6.07, 6.45) is 1.99. The molecule has 1 heterocycles. The number of methoxy groups -OCH3 is 1. The molecule has 4 aromatic rings. The lowest BCUT2D eigenvalue weighted by molar-refractivity contribution is 0.0996. The molecule has 162 valence electrons. The van der Waals surface area contributed by atoms with Crippen LogP contribution in [-0.2, 0) is 5.75 Å². The molecule has 6 nitrogen and oxygen atoms in total. The van der Waals surface area contributed by atoms with Crippen molar-refractivity contribution in [1.29, 1.82) is 0 Å². The third kappa shape index (κ3) is 4.63. The van der Waals surface area contributed by atoms with Crippen LogP contribution in [0.4, 0.5) is 11.4 Å². The second kappa shape index (κ2) is 9.62. The van der Waals surface area contributed by atoms with Gasteiger partial charge in [0.2, 0.25) is 0 Å². The van der Waals surface area contributed by atoms with Crippen molar-refractivity contribution in [3.05, 3.63) is 89.7 Å². The number of amides is 2. The molecule has 0 atom stereocenters. The molecule has 0 bridgehead atoms. The topological polar surface area (TPSA) is 80.6 Å². The second-order valence-corrected chi connectivity index (χ2v) is 7.92. The van der Waals surface area contributed by atoms with Gasteiger partial charge in [-0.2, -0.15) is 11.8 Å². The Balaban J connectivity index is 1.46. The minimum atomic E-state index is -0.319. The lowest BCUT2D eigenvalue weighted by atomic mass is 10.1. The zero-order chi connectivity index (χ0) is 22.5. The third-order valence-corrected chi connectivity index (χ3v) is 5.52. The average Bonchev–Trinajstić information content (AvgIpc) is 3.19. The lowest BCUT2D eigenvalue weighted by Gasteiger charge is -2.08. The number of ether oxygens (including phenoxy) is 1. The van der Waals surface area contributed by atoms with Gasteiger partial charge in [-0.25, -0.2) is 0 Å². The van der Waals surface area contributed by atoms with Crippen LogP contribution in [0.3, 0.4) is 0 Å². The molecule has 0 aliphatic rings. The summed E-state index contributed by atoms with van der Waals surface area (Å²) in [6.45, 7) is 0. The molecule has 2 amide bonds. The molecule has 0 spiro atoms. The molecule has 2 N–H and O–H groups in total. The molecule has 0 fully saturated rings. The predicted octanol–water partition coefficient (Wildman–Crippen LogP) is 5.81. The first-order valence-electron chi connectivity index (χ1n) is 9.95. The molecule has 0 radical (unpaired) electrons. The van der Waals surface area contributed by atoms with Crippen molar-refractivity contribution >= 4 is 45.9 Å². The summed E-state index contributed by atoms with van der Waals surface area (Å²) in [7, 11) is 1.59. The smallest absolute Gasteiger partial charge is 0.291 e. The Bertz CT molecular complexity index is 1250. The van der Waals surface area contributed by atoms with Crippen LogP contribution >= 0.6 is 11.8 Å². The van der Waals surface area contributed by atoms with Gasteiger partial charge in [-0.05, 0) is 60.9 Å². The van der Waals surface area contributed by atoms with E-state index in [2.05, 4.69) is 10.6 Å². The van der Waals surface area contributed by atoms with E-state index in [4.69, 9.17) is 9.15 Å². The Labute approximate surface area is 190 Å². The molecule has 0 aliphatic heterocycles. The molecule has 0 saturated carbocycles. The fraction of sp³-hybridized carbons (Fsp3) is 0.120. The fourth-order valence-electron chi connectivity index (χ4n) is 3.34. The van der Waals surface area contributed by atoms with Gasteiger partial charge in [0.25, 0.3) is 11.8 Å². The van der Waals surface area contributed by atoms with Gasteiger partial charge in [-0.15, -0.1) is 0 Å². The van der Waals surface area contributed by atoms with Crippen LogP contribution in [-0.4, -0.2) is 25.2 Å². The van der Waals surface area contributed by atoms with Gasteiger partial charge in [-0.3, -0.25) is 9.59 Å². The number of carbonyl (C=O) groups is 2. The van der Waals surface area contributed by atoms with Gasteiger partial charge in [0.1, 0.15) is 11.3 Å². The van der Waals surface area contributed by atoms with Crippen molar-refractivity contribution in [2.45, 2.75) is 5.75 Å². The second-order valence-electron chi connectivity index (χ2n) is 7.05. The standard InChI is InChI=1S/C25H22N2O4S/c1-30-19-13-11-18(12-14-19)26-24(28)16-7-9-17(10-8-16)27-25(29)23-21(15-32-2)20-5-3-4-6-22(20)31-23/h3-14H,15H2,1-2H3,(H,26,28)(H,27,29). The first kappa shape index (κ1) is 21.5. The molecule has 1 aromatic heterocycles.